The van der Waals surface area contributed by atoms with Crippen LogP contribution in [0, 0.1) is 0 Å². The van der Waals surface area contributed by atoms with Crippen molar-refractivity contribution >= 4 is 40.4 Å². The van der Waals surface area contributed by atoms with E-state index in [2.05, 4.69) is 5.32 Å². The Morgan fingerprint density at radius 2 is 1.60 bits per heavy atom. The third-order valence-corrected chi connectivity index (χ3v) is 4.87. The van der Waals surface area contributed by atoms with Crippen LogP contribution in [0.25, 0.3) is 16.8 Å². The second kappa shape index (κ2) is 7.71. The van der Waals surface area contributed by atoms with Crippen molar-refractivity contribution in [1.82, 2.24) is 5.32 Å². The largest absolute Gasteiger partial charge is 0.497 e. The molecule has 0 aliphatic carbocycles. The van der Waals surface area contributed by atoms with Gasteiger partial charge in [0, 0.05) is 5.56 Å². The number of methoxy groups -OCH3 is 2. The molecule has 0 unspecified atom stereocenters. The molecule has 4 amide bonds. The molecule has 0 atom stereocenters. The highest BCUT2D eigenvalue weighted by molar-refractivity contribution is 6.39. The number of carbonyl (C=O) groups excluding carboxylic acids is 3. The number of fused-ring (bicyclic) bond motifs is 1. The maximum atomic E-state index is 13.1. The van der Waals surface area contributed by atoms with E-state index >= 15 is 0 Å². The fraction of sp³-hybridized carbons (Fsp3) is 0.0870. The number of imide groups is 2. The van der Waals surface area contributed by atoms with Crippen molar-refractivity contribution in [3.63, 3.8) is 0 Å². The summed E-state index contributed by atoms with van der Waals surface area (Å²) in [5, 5.41) is 3.97. The SMILES string of the molecule is COc1ccc(N2C(=O)NC(=O)C(=Cc3c(OC)ccc4ccccc34)C2=O)cc1. The van der Waals surface area contributed by atoms with Gasteiger partial charge in [0.25, 0.3) is 11.8 Å². The van der Waals surface area contributed by atoms with Gasteiger partial charge in [-0.15, -0.1) is 0 Å². The van der Waals surface area contributed by atoms with Gasteiger partial charge in [-0.25, -0.2) is 9.69 Å². The lowest BCUT2D eigenvalue weighted by Crippen LogP contribution is -2.54. The van der Waals surface area contributed by atoms with Crippen LogP contribution in [0.3, 0.4) is 0 Å². The molecule has 1 aliphatic heterocycles. The Labute approximate surface area is 172 Å². The lowest BCUT2D eigenvalue weighted by molar-refractivity contribution is -0.122. The van der Waals surface area contributed by atoms with E-state index in [1.54, 1.807) is 30.3 Å². The number of nitrogens with zero attached hydrogens (tertiary/aromatic N) is 1. The number of rotatable bonds is 4. The first-order valence-electron chi connectivity index (χ1n) is 9.14. The predicted octanol–water partition coefficient (Wildman–Crippen LogP) is 3.52. The number of benzene rings is 3. The van der Waals surface area contributed by atoms with Crippen LogP contribution in [0.2, 0.25) is 0 Å². The molecule has 4 rings (SSSR count). The highest BCUT2D eigenvalue weighted by Gasteiger charge is 2.37. The smallest absolute Gasteiger partial charge is 0.335 e. The van der Waals surface area contributed by atoms with Crippen LogP contribution in [0.4, 0.5) is 10.5 Å². The number of nitrogens with one attached hydrogen (secondary N) is 1. The molecule has 3 aromatic rings. The Morgan fingerprint density at radius 3 is 2.30 bits per heavy atom. The van der Waals surface area contributed by atoms with Gasteiger partial charge in [-0.05, 0) is 47.2 Å². The number of carbonyl (C=O) groups is 3. The third-order valence-electron chi connectivity index (χ3n) is 4.87. The van der Waals surface area contributed by atoms with Crippen LogP contribution in [0.5, 0.6) is 11.5 Å². The molecule has 7 heteroatoms. The minimum atomic E-state index is -0.808. The molecule has 0 radical (unpaired) electrons. The van der Waals surface area contributed by atoms with E-state index in [0.29, 0.717) is 22.7 Å². The molecule has 0 bridgehead atoms. The van der Waals surface area contributed by atoms with Crippen LogP contribution >= 0.6 is 0 Å². The summed E-state index contributed by atoms with van der Waals surface area (Å²) in [6.45, 7) is 0. The summed E-state index contributed by atoms with van der Waals surface area (Å²) in [5.41, 5.74) is 0.736. The van der Waals surface area contributed by atoms with Crippen LogP contribution in [0.1, 0.15) is 5.56 Å². The van der Waals surface area contributed by atoms with Gasteiger partial charge in [0.1, 0.15) is 17.1 Å². The van der Waals surface area contributed by atoms with E-state index in [1.807, 2.05) is 30.3 Å². The Morgan fingerprint density at radius 1 is 0.867 bits per heavy atom. The summed E-state index contributed by atoms with van der Waals surface area (Å²) in [7, 11) is 3.03. The van der Waals surface area contributed by atoms with E-state index in [4.69, 9.17) is 9.47 Å². The molecular weight excluding hydrogens is 384 g/mol. The molecule has 150 valence electrons. The van der Waals surface area contributed by atoms with Crippen molar-refractivity contribution in [2.24, 2.45) is 0 Å². The van der Waals surface area contributed by atoms with Gasteiger partial charge < -0.3 is 9.47 Å². The van der Waals surface area contributed by atoms with E-state index in [1.165, 1.54) is 20.3 Å². The van der Waals surface area contributed by atoms with Gasteiger partial charge >= 0.3 is 6.03 Å². The first kappa shape index (κ1) is 19.2. The minimum absolute atomic E-state index is 0.167. The first-order chi connectivity index (χ1) is 14.5. The average molecular weight is 402 g/mol. The number of hydrogen-bond donors (Lipinski definition) is 1. The van der Waals surface area contributed by atoms with Gasteiger partial charge in [0.15, 0.2) is 0 Å². The minimum Gasteiger partial charge on any atom is -0.497 e. The molecule has 0 saturated carbocycles. The van der Waals surface area contributed by atoms with Crippen molar-refractivity contribution in [1.29, 1.82) is 0 Å². The molecule has 0 aromatic heterocycles. The number of anilines is 1. The fourth-order valence-corrected chi connectivity index (χ4v) is 3.37. The molecule has 0 spiro atoms. The molecule has 3 aromatic carbocycles. The van der Waals surface area contributed by atoms with Crippen LogP contribution in [-0.4, -0.2) is 32.1 Å². The van der Waals surface area contributed by atoms with E-state index in [-0.39, 0.29) is 5.57 Å². The maximum absolute atomic E-state index is 13.1. The topological polar surface area (TPSA) is 84.9 Å². The van der Waals surface area contributed by atoms with E-state index < -0.39 is 17.8 Å². The van der Waals surface area contributed by atoms with Crippen molar-refractivity contribution in [2.75, 3.05) is 19.1 Å². The first-order valence-corrected chi connectivity index (χ1v) is 9.14. The zero-order chi connectivity index (χ0) is 21.3. The molecule has 1 fully saturated rings. The van der Waals surface area contributed by atoms with Gasteiger partial charge in [0.2, 0.25) is 0 Å². The summed E-state index contributed by atoms with van der Waals surface area (Å²) >= 11 is 0. The van der Waals surface area contributed by atoms with Crippen molar-refractivity contribution in [2.45, 2.75) is 0 Å². The second-order valence-corrected chi connectivity index (χ2v) is 6.56. The van der Waals surface area contributed by atoms with Crippen LogP contribution in [-0.2, 0) is 9.59 Å². The Kier molecular flexibility index (Phi) is 4.93. The monoisotopic (exact) mass is 402 g/mol. The molecule has 1 saturated heterocycles. The molecular formula is C23H18N2O5. The van der Waals surface area contributed by atoms with Crippen molar-refractivity contribution in [3.8, 4) is 11.5 Å². The fourth-order valence-electron chi connectivity index (χ4n) is 3.37. The average Bonchev–Trinajstić information content (AvgIpc) is 2.76. The molecule has 30 heavy (non-hydrogen) atoms. The maximum Gasteiger partial charge on any atom is 0.335 e. The lowest BCUT2D eigenvalue weighted by atomic mass is 9.99. The number of urea groups is 1. The number of barbiturate groups is 1. The summed E-state index contributed by atoms with van der Waals surface area (Å²) in [4.78, 5) is 39.0. The number of amides is 4. The highest BCUT2D eigenvalue weighted by Crippen LogP contribution is 2.31. The van der Waals surface area contributed by atoms with E-state index in [9.17, 15) is 14.4 Å². The zero-order valence-corrected chi connectivity index (χ0v) is 16.3. The zero-order valence-electron chi connectivity index (χ0n) is 16.3. The molecule has 1 aliphatic rings. The van der Waals surface area contributed by atoms with Gasteiger partial charge in [-0.3, -0.25) is 14.9 Å². The lowest BCUT2D eigenvalue weighted by Gasteiger charge is -2.26. The Bertz CT molecular complexity index is 1200. The van der Waals surface area contributed by atoms with Gasteiger partial charge in [-0.1, -0.05) is 30.3 Å². The van der Waals surface area contributed by atoms with E-state index in [0.717, 1.165) is 15.7 Å². The van der Waals surface area contributed by atoms with Crippen molar-refractivity contribution in [3.05, 3.63) is 71.8 Å². The summed E-state index contributed by atoms with van der Waals surface area (Å²) < 4.78 is 10.6. The standard InChI is InChI=1S/C23H18N2O5/c1-29-16-10-8-15(9-11-16)25-22(27)19(21(26)24-23(25)28)13-18-17-6-4-3-5-14(17)7-12-20(18)30-2/h3-13H,1-2H3,(H,24,26,28). The molecule has 1 N–H and O–H groups in total. The third kappa shape index (κ3) is 3.26. The molecule has 7 nitrogen and oxygen atoms in total. The second-order valence-electron chi connectivity index (χ2n) is 6.56. The quantitative estimate of drug-likeness (QED) is 0.533. The van der Waals surface area contributed by atoms with Gasteiger partial charge in [0.05, 0.1) is 19.9 Å². The van der Waals surface area contributed by atoms with Gasteiger partial charge in [-0.2, -0.15) is 0 Å². The highest BCUT2D eigenvalue weighted by atomic mass is 16.5. The van der Waals surface area contributed by atoms with Crippen molar-refractivity contribution < 1.29 is 23.9 Å². The molecule has 1 heterocycles. The van der Waals surface area contributed by atoms with Crippen LogP contribution in [0.15, 0.2) is 66.2 Å². The van der Waals surface area contributed by atoms with Crippen LogP contribution < -0.4 is 19.7 Å². The Balaban J connectivity index is 1.83. The normalized spacial score (nSPS) is 15.5. The predicted molar refractivity (Wildman–Crippen MR) is 112 cm³/mol. The number of hydrogen-bond acceptors (Lipinski definition) is 5. The summed E-state index contributed by atoms with van der Waals surface area (Å²) in [5.74, 6) is -0.390. The summed E-state index contributed by atoms with van der Waals surface area (Å²) in [6.07, 6.45) is 1.46. The summed E-state index contributed by atoms with van der Waals surface area (Å²) in [6, 6.07) is 16.8. The number of ether oxygens (including phenoxy) is 2. The Hall–Kier alpha value is -4.13.